The van der Waals surface area contributed by atoms with Crippen molar-refractivity contribution < 1.29 is 41.8 Å². The number of aliphatic carboxylic acids is 1. The Bertz CT molecular complexity index is 488. The van der Waals surface area contributed by atoms with E-state index in [-0.39, 0.29) is 27.6 Å². The Labute approximate surface area is 179 Å². The summed E-state index contributed by atoms with van der Waals surface area (Å²) in [5.41, 5.74) is 6.94. The molecule has 3 aliphatic rings. The van der Waals surface area contributed by atoms with Crippen molar-refractivity contribution in [1.29, 1.82) is 0 Å². The van der Waals surface area contributed by atoms with Crippen LogP contribution in [0.5, 0.6) is 0 Å². The first-order valence-electron chi connectivity index (χ1n) is 10.1. The normalized spacial score (nSPS) is 17.8. The Morgan fingerprint density at radius 3 is 1.56 bits per heavy atom. The Hall–Kier alpha value is -0.546. The molecule has 0 spiro atoms. The van der Waals surface area contributed by atoms with Crippen molar-refractivity contribution in [3.8, 4) is 0 Å². The van der Waals surface area contributed by atoms with Crippen LogP contribution in [0.25, 0.3) is 0 Å². The average molecular weight is 411 g/mol. The minimum atomic E-state index is -0.602. The van der Waals surface area contributed by atoms with E-state index in [1.54, 1.807) is 22.3 Å². The Morgan fingerprint density at radius 2 is 1.19 bits per heavy atom. The number of hydrogen-bond acceptors (Lipinski definition) is 3. The molecule has 1 aromatic carbocycles. The summed E-state index contributed by atoms with van der Waals surface area (Å²) in [5, 5.41) is 25.0. The van der Waals surface area contributed by atoms with Crippen LogP contribution in [-0.4, -0.2) is 25.3 Å². The Morgan fingerprint density at radius 1 is 0.778 bits per heavy atom. The number of carboxylic acid groups (broad SMARTS) is 1. The molecule has 0 aliphatic heterocycles. The van der Waals surface area contributed by atoms with E-state index in [2.05, 4.69) is 6.07 Å². The van der Waals surface area contributed by atoms with Gasteiger partial charge in [-0.15, -0.1) is 0 Å². The standard InChI is InChI=1S/C13H17.C7H12O2.2CH3O.Ti/c1-3-7-12-10(5-1)9-11-6-2-4-8-13(11)12;8-7(9)6-4-2-1-3-5-6;2*1-2;/h9H,1-8H2;6H,1-5H2,(H,8,9);2*1H3;/q-1;;2*-1;+3. The molecule has 4 nitrogen and oxygen atoms in total. The van der Waals surface area contributed by atoms with E-state index < -0.39 is 5.97 Å². The fraction of sp³-hybridized carbons (Fsp3) is 0.727. The zero-order valence-corrected chi connectivity index (χ0v) is 18.6. The van der Waals surface area contributed by atoms with Gasteiger partial charge in [0.2, 0.25) is 0 Å². The van der Waals surface area contributed by atoms with Crippen LogP contribution >= 0.6 is 0 Å². The van der Waals surface area contributed by atoms with Crippen molar-refractivity contribution in [2.45, 2.75) is 83.5 Å². The van der Waals surface area contributed by atoms with Crippen LogP contribution in [0.3, 0.4) is 0 Å². The molecule has 0 bridgehead atoms. The Balaban J connectivity index is 0.000000429. The van der Waals surface area contributed by atoms with E-state index >= 15 is 0 Å². The molecule has 1 radical (unpaired) electrons. The van der Waals surface area contributed by atoms with Gasteiger partial charge in [-0.05, 0) is 12.8 Å². The summed E-state index contributed by atoms with van der Waals surface area (Å²) in [5.74, 6) is -0.631. The fourth-order valence-corrected chi connectivity index (χ4v) is 4.43. The van der Waals surface area contributed by atoms with Gasteiger partial charge in [0.1, 0.15) is 0 Å². The van der Waals surface area contributed by atoms with Crippen molar-refractivity contribution in [1.82, 2.24) is 0 Å². The molecule has 1 aromatic rings. The zero-order chi connectivity index (χ0) is 19.4. The minimum Gasteiger partial charge on any atom is -0.857 e. The van der Waals surface area contributed by atoms with Gasteiger partial charge < -0.3 is 15.3 Å². The topological polar surface area (TPSA) is 83.4 Å². The molecular weight excluding hydrogens is 376 g/mol. The van der Waals surface area contributed by atoms with Gasteiger partial charge in [-0.2, -0.15) is 42.5 Å². The SMILES string of the molecule is C[O-].C[O-].O=C(O)C1CCCCC1.[Ti+3].[cH-]1c2c(c3c1CCCC3)CCCC2. The summed E-state index contributed by atoms with van der Waals surface area (Å²) < 4.78 is 0. The molecule has 0 amide bonds. The summed E-state index contributed by atoms with van der Waals surface area (Å²) >= 11 is 0. The predicted octanol–water partition coefficient (Wildman–Crippen LogP) is 2.76. The summed E-state index contributed by atoms with van der Waals surface area (Å²) in [7, 11) is 1.50. The zero-order valence-electron chi connectivity index (χ0n) is 17.0. The first kappa shape index (κ1) is 26.5. The fourth-order valence-electron chi connectivity index (χ4n) is 4.43. The molecule has 3 aliphatic carbocycles. The number of hydrogen-bond donors (Lipinski definition) is 1. The van der Waals surface area contributed by atoms with E-state index in [1.807, 2.05) is 0 Å². The molecule has 5 heteroatoms. The molecule has 1 N–H and O–H groups in total. The average Bonchev–Trinajstić information content (AvgIpc) is 3.11. The van der Waals surface area contributed by atoms with Gasteiger partial charge in [0.15, 0.2) is 0 Å². The maximum absolute atomic E-state index is 10.4. The third-order valence-electron chi connectivity index (χ3n) is 5.69. The third kappa shape index (κ3) is 8.15. The van der Waals surface area contributed by atoms with E-state index in [1.165, 1.54) is 57.8 Å². The van der Waals surface area contributed by atoms with E-state index in [0.29, 0.717) is 0 Å². The van der Waals surface area contributed by atoms with Gasteiger partial charge in [-0.25, -0.2) is 0 Å². The molecule has 151 valence electrons. The maximum Gasteiger partial charge on any atom is 3.00 e. The summed E-state index contributed by atoms with van der Waals surface area (Å²) in [6.45, 7) is 0. The summed E-state index contributed by atoms with van der Waals surface area (Å²) in [6, 6.07) is 2.52. The van der Waals surface area contributed by atoms with Gasteiger partial charge in [0.25, 0.3) is 0 Å². The number of carboxylic acids is 1. The molecule has 0 heterocycles. The van der Waals surface area contributed by atoms with Crippen LogP contribution in [0.1, 0.15) is 80.0 Å². The molecule has 0 atom stereocenters. The number of rotatable bonds is 1. The van der Waals surface area contributed by atoms with Gasteiger partial charge >= 0.3 is 27.7 Å². The molecule has 0 unspecified atom stereocenters. The summed E-state index contributed by atoms with van der Waals surface area (Å²) in [4.78, 5) is 10.4. The van der Waals surface area contributed by atoms with Crippen LogP contribution < -0.4 is 10.2 Å². The van der Waals surface area contributed by atoms with E-state index in [9.17, 15) is 4.79 Å². The van der Waals surface area contributed by atoms with E-state index in [4.69, 9.17) is 15.3 Å². The monoisotopic (exact) mass is 411 g/mol. The molecule has 0 aromatic heterocycles. The van der Waals surface area contributed by atoms with Crippen LogP contribution in [-0.2, 0) is 52.2 Å². The molecule has 0 saturated heterocycles. The molecule has 27 heavy (non-hydrogen) atoms. The first-order chi connectivity index (χ1) is 12.8. The first-order valence-corrected chi connectivity index (χ1v) is 10.1. The van der Waals surface area contributed by atoms with Gasteiger partial charge in [0.05, 0.1) is 5.92 Å². The van der Waals surface area contributed by atoms with Gasteiger partial charge in [0, 0.05) is 0 Å². The quantitative estimate of drug-likeness (QED) is 0.569. The second kappa shape index (κ2) is 15.4. The molecule has 1 saturated carbocycles. The van der Waals surface area contributed by atoms with E-state index in [0.717, 1.165) is 39.9 Å². The van der Waals surface area contributed by atoms with Crippen molar-refractivity contribution in [3.05, 3.63) is 28.3 Å². The minimum absolute atomic E-state index is 0. The van der Waals surface area contributed by atoms with Crippen molar-refractivity contribution >= 4 is 5.97 Å². The van der Waals surface area contributed by atoms with Crippen LogP contribution in [0.2, 0.25) is 0 Å². The molecular formula is C22H35O4Ti. The number of carbonyl (C=O) groups is 1. The second-order valence-corrected chi connectivity index (χ2v) is 7.24. The van der Waals surface area contributed by atoms with Crippen molar-refractivity contribution in [2.24, 2.45) is 5.92 Å². The largest absolute Gasteiger partial charge is 3.00 e. The third-order valence-corrected chi connectivity index (χ3v) is 5.69. The number of fused-ring (bicyclic) bond motifs is 3. The van der Waals surface area contributed by atoms with Crippen LogP contribution in [0.4, 0.5) is 0 Å². The molecule has 4 rings (SSSR count). The van der Waals surface area contributed by atoms with Gasteiger partial charge in [-0.3, -0.25) is 4.79 Å². The molecule has 1 fully saturated rings. The van der Waals surface area contributed by atoms with Crippen molar-refractivity contribution in [2.75, 3.05) is 14.2 Å². The predicted molar refractivity (Wildman–Crippen MR) is 101 cm³/mol. The van der Waals surface area contributed by atoms with Crippen LogP contribution in [0, 0.1) is 5.92 Å². The Kier molecular flexibility index (Phi) is 15.1. The maximum atomic E-state index is 10.4. The summed E-state index contributed by atoms with van der Waals surface area (Å²) in [6.07, 6.45) is 16.4. The number of aryl methyl sites for hydroxylation is 2. The van der Waals surface area contributed by atoms with Crippen LogP contribution in [0.15, 0.2) is 6.07 Å². The van der Waals surface area contributed by atoms with Crippen molar-refractivity contribution in [3.63, 3.8) is 0 Å². The smallest absolute Gasteiger partial charge is 0.857 e. The van der Waals surface area contributed by atoms with Gasteiger partial charge in [-0.1, -0.05) is 70.6 Å². The second-order valence-electron chi connectivity index (χ2n) is 7.24.